The van der Waals surface area contributed by atoms with E-state index in [1.54, 1.807) is 6.07 Å². The highest BCUT2D eigenvalue weighted by atomic mass is 19.4. The molecule has 5 nitrogen and oxygen atoms in total. The third kappa shape index (κ3) is 2.58. The summed E-state index contributed by atoms with van der Waals surface area (Å²) in [6.07, 6.45) is -1.95. The van der Waals surface area contributed by atoms with Gasteiger partial charge in [0, 0.05) is 6.20 Å². The zero-order chi connectivity index (χ0) is 13.3. The van der Waals surface area contributed by atoms with Gasteiger partial charge in [0.2, 0.25) is 0 Å². The molecule has 2 heterocycles. The normalized spacial score (nSPS) is 11.8. The first-order valence-corrected chi connectivity index (χ1v) is 5.01. The van der Waals surface area contributed by atoms with Gasteiger partial charge in [-0.25, -0.2) is 19.0 Å². The molecular formula is C10H9F3N4O. The van der Waals surface area contributed by atoms with E-state index in [2.05, 4.69) is 10.1 Å². The highest BCUT2D eigenvalue weighted by Gasteiger charge is 2.30. The molecule has 18 heavy (non-hydrogen) atoms. The van der Waals surface area contributed by atoms with Crippen LogP contribution in [0.15, 0.2) is 29.5 Å². The van der Waals surface area contributed by atoms with Gasteiger partial charge < -0.3 is 0 Å². The van der Waals surface area contributed by atoms with E-state index >= 15 is 0 Å². The highest BCUT2D eigenvalue weighted by molar-refractivity contribution is 5.23. The van der Waals surface area contributed by atoms with Crippen molar-refractivity contribution in [2.24, 2.45) is 0 Å². The predicted molar refractivity (Wildman–Crippen MR) is 56.4 cm³/mol. The highest BCUT2D eigenvalue weighted by Crippen LogP contribution is 2.15. The van der Waals surface area contributed by atoms with Crippen molar-refractivity contribution in [3.05, 3.63) is 40.7 Å². The number of halogens is 3. The van der Waals surface area contributed by atoms with E-state index in [0.717, 1.165) is 16.5 Å². The molecular weight excluding hydrogens is 249 g/mol. The Morgan fingerprint density at radius 1 is 1.33 bits per heavy atom. The van der Waals surface area contributed by atoms with Crippen LogP contribution in [-0.2, 0) is 6.54 Å². The maximum absolute atomic E-state index is 12.2. The molecule has 0 unspecified atom stereocenters. The Hall–Kier alpha value is -2.12. The molecule has 0 aliphatic carbocycles. The number of hydrogen-bond donors (Lipinski definition) is 0. The lowest BCUT2D eigenvalue weighted by Crippen LogP contribution is -2.30. The Kier molecular flexibility index (Phi) is 2.93. The molecule has 2 aromatic rings. The van der Waals surface area contributed by atoms with Crippen LogP contribution >= 0.6 is 0 Å². The lowest BCUT2D eigenvalue weighted by Gasteiger charge is -2.04. The van der Waals surface area contributed by atoms with Crippen LogP contribution in [0.5, 0.6) is 0 Å². The lowest BCUT2D eigenvalue weighted by atomic mass is 10.3. The number of nitrogens with zero attached hydrogens (tertiary/aromatic N) is 4. The zero-order valence-electron chi connectivity index (χ0n) is 9.35. The van der Waals surface area contributed by atoms with Crippen molar-refractivity contribution in [2.75, 3.05) is 0 Å². The fraction of sp³-hybridized carbons (Fsp3) is 0.300. The Bertz CT molecular complexity index is 597. The Balaban J connectivity index is 2.37. The molecule has 2 aromatic heterocycles. The largest absolute Gasteiger partial charge is 0.408 e. The smallest absolute Gasteiger partial charge is 0.246 e. The summed E-state index contributed by atoms with van der Waals surface area (Å²) >= 11 is 0. The fourth-order valence-corrected chi connectivity index (χ4v) is 1.38. The molecule has 2 rings (SSSR count). The summed E-state index contributed by atoms with van der Waals surface area (Å²) in [4.78, 5) is 15.6. The molecule has 0 amide bonds. The van der Waals surface area contributed by atoms with E-state index in [9.17, 15) is 18.0 Å². The number of alkyl halides is 3. The van der Waals surface area contributed by atoms with Crippen LogP contribution in [0, 0.1) is 6.92 Å². The van der Waals surface area contributed by atoms with Gasteiger partial charge in [-0.3, -0.25) is 0 Å². The molecule has 0 fully saturated rings. The summed E-state index contributed by atoms with van der Waals surface area (Å²) in [6.45, 7) is 0.400. The first kappa shape index (κ1) is 12.3. The first-order valence-electron chi connectivity index (χ1n) is 5.01. The number of hydrogen-bond acceptors (Lipinski definition) is 3. The van der Waals surface area contributed by atoms with Gasteiger partial charge in [0.15, 0.2) is 0 Å². The van der Waals surface area contributed by atoms with E-state index in [1.165, 1.54) is 12.3 Å². The SMILES string of the molecule is Cc1ccc(-n2cnn(CC(F)(F)F)c2=O)nc1. The summed E-state index contributed by atoms with van der Waals surface area (Å²) < 4.78 is 37.8. The van der Waals surface area contributed by atoms with Crippen molar-refractivity contribution >= 4 is 0 Å². The van der Waals surface area contributed by atoms with Crippen LogP contribution < -0.4 is 5.69 Å². The van der Waals surface area contributed by atoms with Gasteiger partial charge in [0.25, 0.3) is 0 Å². The second-order valence-corrected chi connectivity index (χ2v) is 3.75. The monoisotopic (exact) mass is 258 g/mol. The Morgan fingerprint density at radius 2 is 2.06 bits per heavy atom. The topological polar surface area (TPSA) is 52.7 Å². The van der Waals surface area contributed by atoms with E-state index in [0.29, 0.717) is 4.68 Å². The minimum Gasteiger partial charge on any atom is -0.246 e. The van der Waals surface area contributed by atoms with Crippen LogP contribution in [-0.4, -0.2) is 25.5 Å². The van der Waals surface area contributed by atoms with Gasteiger partial charge in [0.05, 0.1) is 0 Å². The minimum atomic E-state index is -4.48. The van der Waals surface area contributed by atoms with Crippen molar-refractivity contribution in [3.63, 3.8) is 0 Å². The number of rotatable bonds is 2. The van der Waals surface area contributed by atoms with Gasteiger partial charge in [0.1, 0.15) is 18.7 Å². The van der Waals surface area contributed by atoms with E-state index < -0.39 is 18.4 Å². The molecule has 0 radical (unpaired) electrons. The van der Waals surface area contributed by atoms with Crippen molar-refractivity contribution in [2.45, 2.75) is 19.6 Å². The molecule has 0 atom stereocenters. The molecule has 0 aliphatic heterocycles. The average Bonchev–Trinajstić information content (AvgIpc) is 2.60. The second kappa shape index (κ2) is 4.28. The maximum atomic E-state index is 12.2. The molecule has 0 saturated carbocycles. The standard InChI is InChI=1S/C10H9F3N4O/c1-7-2-3-8(14-4-7)16-6-15-17(9(16)18)5-10(11,12)13/h2-4,6H,5H2,1H3. The molecule has 96 valence electrons. The van der Waals surface area contributed by atoms with Gasteiger partial charge in [-0.1, -0.05) is 6.07 Å². The maximum Gasteiger partial charge on any atom is 0.408 e. The third-order valence-corrected chi connectivity index (χ3v) is 2.21. The Labute approximate surface area is 99.5 Å². The van der Waals surface area contributed by atoms with E-state index in [4.69, 9.17) is 0 Å². The first-order chi connectivity index (χ1) is 8.37. The van der Waals surface area contributed by atoms with Gasteiger partial charge >= 0.3 is 11.9 Å². The molecule has 0 bridgehead atoms. The predicted octanol–water partition coefficient (Wildman–Crippen LogP) is 1.30. The molecule has 0 N–H and O–H groups in total. The summed E-state index contributed by atoms with van der Waals surface area (Å²) in [5, 5.41) is 3.41. The minimum absolute atomic E-state index is 0.235. The van der Waals surface area contributed by atoms with Gasteiger partial charge in [-0.15, -0.1) is 0 Å². The second-order valence-electron chi connectivity index (χ2n) is 3.75. The number of aryl methyl sites for hydroxylation is 1. The number of aromatic nitrogens is 4. The Morgan fingerprint density at radius 3 is 2.61 bits per heavy atom. The quantitative estimate of drug-likeness (QED) is 0.815. The van der Waals surface area contributed by atoms with Crippen LogP contribution in [0.2, 0.25) is 0 Å². The van der Waals surface area contributed by atoms with Gasteiger partial charge in [-0.05, 0) is 18.6 Å². The van der Waals surface area contributed by atoms with Crippen LogP contribution in [0.4, 0.5) is 13.2 Å². The van der Waals surface area contributed by atoms with Gasteiger partial charge in [-0.2, -0.15) is 18.3 Å². The fourth-order valence-electron chi connectivity index (χ4n) is 1.38. The number of pyridine rings is 1. The molecule has 8 heteroatoms. The lowest BCUT2D eigenvalue weighted by molar-refractivity contribution is -0.143. The van der Waals surface area contributed by atoms with Crippen molar-refractivity contribution in [1.29, 1.82) is 0 Å². The molecule has 0 aliphatic rings. The van der Waals surface area contributed by atoms with Crippen molar-refractivity contribution in [1.82, 2.24) is 19.3 Å². The van der Waals surface area contributed by atoms with Crippen molar-refractivity contribution in [3.8, 4) is 5.82 Å². The molecule has 0 saturated heterocycles. The third-order valence-electron chi connectivity index (χ3n) is 2.21. The van der Waals surface area contributed by atoms with Crippen LogP contribution in [0.3, 0.4) is 0 Å². The van der Waals surface area contributed by atoms with E-state index in [-0.39, 0.29) is 5.82 Å². The summed E-state index contributed by atoms with van der Waals surface area (Å²) in [5.41, 5.74) is 0.0122. The van der Waals surface area contributed by atoms with Crippen LogP contribution in [0.1, 0.15) is 5.56 Å². The summed E-state index contributed by atoms with van der Waals surface area (Å²) in [5.74, 6) is 0.235. The van der Waals surface area contributed by atoms with Crippen LogP contribution in [0.25, 0.3) is 5.82 Å². The van der Waals surface area contributed by atoms with Crippen molar-refractivity contribution < 1.29 is 13.2 Å². The van der Waals surface area contributed by atoms with E-state index in [1.807, 2.05) is 6.92 Å². The summed E-state index contributed by atoms with van der Waals surface area (Å²) in [7, 11) is 0. The summed E-state index contributed by atoms with van der Waals surface area (Å²) in [6, 6.07) is 3.24. The molecule has 0 spiro atoms. The zero-order valence-corrected chi connectivity index (χ0v) is 9.35. The average molecular weight is 258 g/mol. The molecule has 0 aromatic carbocycles.